The molecule has 1 unspecified atom stereocenters. The van der Waals surface area contributed by atoms with Gasteiger partial charge in [-0.1, -0.05) is 11.6 Å². The minimum Gasteiger partial charge on any atom is -0.315 e. The van der Waals surface area contributed by atoms with Crippen LogP contribution < -0.4 is 5.48 Å². The Labute approximate surface area is 61.3 Å². The van der Waals surface area contributed by atoms with Crippen molar-refractivity contribution in [1.82, 2.24) is 10.5 Å². The normalized spacial score (nSPS) is 13.6. The average Bonchev–Trinajstić information content (AvgIpc) is 2.37. The summed E-state index contributed by atoms with van der Waals surface area (Å²) in [6.07, 6.45) is 1.63. The number of hydroxylamine groups is 1. The predicted molar refractivity (Wildman–Crippen MR) is 35.6 cm³/mol. The highest BCUT2D eigenvalue weighted by atomic mass is 35.5. The van der Waals surface area contributed by atoms with Crippen molar-refractivity contribution in [2.45, 2.75) is 5.50 Å². The maximum atomic E-state index is 8.29. The van der Waals surface area contributed by atoms with E-state index in [1.807, 2.05) is 5.48 Å². The van der Waals surface area contributed by atoms with Gasteiger partial charge in [0.05, 0.1) is 0 Å². The number of aromatic nitrogens is 1. The number of hydrogen-bond donors (Lipinski definition) is 2. The first-order valence-electron chi connectivity index (χ1n) is 2.27. The van der Waals surface area contributed by atoms with Crippen LogP contribution in [0, 0.1) is 0 Å². The SMILES string of the molecule is ONC(Cl)c1nccs1. The molecule has 0 spiro atoms. The third-order valence-corrected chi connectivity index (χ3v) is 2.06. The fourth-order valence-corrected chi connectivity index (χ4v) is 1.18. The molecule has 0 aromatic carbocycles. The van der Waals surface area contributed by atoms with E-state index in [1.165, 1.54) is 11.3 Å². The van der Waals surface area contributed by atoms with E-state index in [9.17, 15) is 0 Å². The zero-order valence-corrected chi connectivity index (χ0v) is 5.99. The summed E-state index contributed by atoms with van der Waals surface area (Å²) in [5.41, 5.74) is 1.30. The highest BCUT2D eigenvalue weighted by Gasteiger charge is 2.06. The van der Waals surface area contributed by atoms with E-state index in [2.05, 4.69) is 4.98 Å². The second kappa shape index (κ2) is 3.12. The van der Waals surface area contributed by atoms with Gasteiger partial charge in [-0.05, 0) is 0 Å². The molecule has 0 fully saturated rings. The molecule has 0 aliphatic heterocycles. The van der Waals surface area contributed by atoms with Crippen molar-refractivity contribution in [2.75, 3.05) is 0 Å². The van der Waals surface area contributed by atoms with Crippen LogP contribution in [0.2, 0.25) is 0 Å². The summed E-state index contributed by atoms with van der Waals surface area (Å²) in [7, 11) is 0. The summed E-state index contributed by atoms with van der Waals surface area (Å²) in [5.74, 6) is 0. The van der Waals surface area contributed by atoms with Gasteiger partial charge in [-0.15, -0.1) is 11.3 Å². The quantitative estimate of drug-likeness (QED) is 0.394. The van der Waals surface area contributed by atoms with Gasteiger partial charge in [0.15, 0.2) is 5.50 Å². The predicted octanol–water partition coefficient (Wildman–Crippen LogP) is 1.36. The molecule has 9 heavy (non-hydrogen) atoms. The number of nitrogens with one attached hydrogen (secondary N) is 1. The Morgan fingerprint density at radius 3 is 3.11 bits per heavy atom. The summed E-state index contributed by atoms with van der Waals surface area (Å²) in [6.45, 7) is 0. The minimum atomic E-state index is -0.579. The lowest BCUT2D eigenvalue weighted by atomic mass is 10.7. The maximum absolute atomic E-state index is 8.29. The van der Waals surface area contributed by atoms with Gasteiger partial charge < -0.3 is 5.21 Å². The van der Waals surface area contributed by atoms with E-state index >= 15 is 0 Å². The van der Waals surface area contributed by atoms with Crippen molar-refractivity contribution in [2.24, 2.45) is 0 Å². The first-order valence-corrected chi connectivity index (χ1v) is 3.59. The molecule has 1 heterocycles. The molecule has 1 rings (SSSR count). The Hall–Kier alpha value is -0.160. The number of hydrogen-bond acceptors (Lipinski definition) is 4. The lowest BCUT2D eigenvalue weighted by Crippen LogP contribution is -2.09. The van der Waals surface area contributed by atoms with E-state index in [4.69, 9.17) is 16.8 Å². The van der Waals surface area contributed by atoms with Crippen LogP contribution in [0.15, 0.2) is 11.6 Å². The molecule has 5 heteroatoms. The summed E-state index contributed by atoms with van der Waals surface area (Å²) >= 11 is 6.91. The number of alkyl halides is 1. The van der Waals surface area contributed by atoms with Crippen LogP contribution in [0.25, 0.3) is 0 Å². The first-order chi connectivity index (χ1) is 4.34. The van der Waals surface area contributed by atoms with Crippen LogP contribution in [-0.4, -0.2) is 10.2 Å². The van der Waals surface area contributed by atoms with Gasteiger partial charge in [0.1, 0.15) is 5.01 Å². The smallest absolute Gasteiger partial charge is 0.157 e. The second-order valence-corrected chi connectivity index (χ2v) is 2.72. The number of rotatable bonds is 2. The van der Waals surface area contributed by atoms with Gasteiger partial charge in [-0.2, -0.15) is 5.48 Å². The fraction of sp³-hybridized carbons (Fsp3) is 0.250. The summed E-state index contributed by atoms with van der Waals surface area (Å²) in [5, 5.41) is 10.8. The molecule has 0 aliphatic carbocycles. The first kappa shape index (κ1) is 6.95. The number of halogens is 1. The Morgan fingerprint density at radius 1 is 1.89 bits per heavy atom. The molecule has 0 amide bonds. The molecule has 0 aliphatic rings. The monoisotopic (exact) mass is 164 g/mol. The van der Waals surface area contributed by atoms with Gasteiger partial charge in [-0.3, -0.25) is 0 Å². The third kappa shape index (κ3) is 1.62. The Balaban J connectivity index is 2.65. The van der Waals surface area contributed by atoms with Crippen LogP contribution in [0.3, 0.4) is 0 Å². The Bertz CT molecular complexity index is 167. The molecule has 0 bridgehead atoms. The van der Waals surface area contributed by atoms with Crippen LogP contribution in [0.5, 0.6) is 0 Å². The zero-order chi connectivity index (χ0) is 6.69. The van der Waals surface area contributed by atoms with Gasteiger partial charge in [0.2, 0.25) is 0 Å². The summed E-state index contributed by atoms with van der Waals surface area (Å²) in [4.78, 5) is 3.85. The minimum absolute atomic E-state index is 0.579. The van der Waals surface area contributed by atoms with Crippen molar-refractivity contribution >= 4 is 22.9 Å². The van der Waals surface area contributed by atoms with Crippen LogP contribution in [0.1, 0.15) is 10.5 Å². The zero-order valence-electron chi connectivity index (χ0n) is 4.41. The van der Waals surface area contributed by atoms with Crippen molar-refractivity contribution in [1.29, 1.82) is 0 Å². The van der Waals surface area contributed by atoms with Crippen LogP contribution in [-0.2, 0) is 0 Å². The van der Waals surface area contributed by atoms with Crippen molar-refractivity contribution < 1.29 is 5.21 Å². The second-order valence-electron chi connectivity index (χ2n) is 1.36. The Kier molecular flexibility index (Phi) is 2.41. The molecular formula is C4H5ClN2OS. The number of thiazole rings is 1. The Morgan fingerprint density at radius 2 is 2.67 bits per heavy atom. The van der Waals surface area contributed by atoms with Crippen molar-refractivity contribution in [3.8, 4) is 0 Å². The fourth-order valence-electron chi connectivity index (χ4n) is 0.415. The molecule has 2 N–H and O–H groups in total. The van der Waals surface area contributed by atoms with E-state index in [0.29, 0.717) is 5.01 Å². The van der Waals surface area contributed by atoms with Crippen LogP contribution >= 0.6 is 22.9 Å². The lowest BCUT2D eigenvalue weighted by Gasteiger charge is -1.99. The largest absolute Gasteiger partial charge is 0.315 e. The molecule has 0 saturated carbocycles. The van der Waals surface area contributed by atoms with E-state index in [-0.39, 0.29) is 0 Å². The van der Waals surface area contributed by atoms with E-state index in [1.54, 1.807) is 11.6 Å². The molecule has 0 saturated heterocycles. The van der Waals surface area contributed by atoms with Gasteiger partial charge in [0, 0.05) is 11.6 Å². The molecule has 3 nitrogen and oxygen atoms in total. The highest BCUT2D eigenvalue weighted by molar-refractivity contribution is 7.09. The third-order valence-electron chi connectivity index (χ3n) is 0.782. The van der Waals surface area contributed by atoms with Crippen molar-refractivity contribution in [3.63, 3.8) is 0 Å². The van der Waals surface area contributed by atoms with Gasteiger partial charge in [0.25, 0.3) is 0 Å². The maximum Gasteiger partial charge on any atom is 0.157 e. The molecular weight excluding hydrogens is 160 g/mol. The van der Waals surface area contributed by atoms with E-state index < -0.39 is 5.50 Å². The van der Waals surface area contributed by atoms with Gasteiger partial charge >= 0.3 is 0 Å². The molecule has 1 atom stereocenters. The topological polar surface area (TPSA) is 45.1 Å². The molecule has 1 aromatic heterocycles. The molecule has 0 radical (unpaired) electrons. The average molecular weight is 165 g/mol. The highest BCUT2D eigenvalue weighted by Crippen LogP contribution is 2.17. The van der Waals surface area contributed by atoms with Crippen molar-refractivity contribution in [3.05, 3.63) is 16.6 Å². The molecule has 50 valence electrons. The number of nitrogens with zero attached hydrogens (tertiary/aromatic N) is 1. The molecule has 1 aromatic rings. The summed E-state index contributed by atoms with van der Waals surface area (Å²) in [6, 6.07) is 0. The standard InChI is InChI=1S/C4H5ClN2OS/c5-3(7-8)4-6-1-2-9-4/h1-3,7-8H. The summed E-state index contributed by atoms with van der Waals surface area (Å²) < 4.78 is 0. The van der Waals surface area contributed by atoms with E-state index in [0.717, 1.165) is 0 Å². The van der Waals surface area contributed by atoms with Crippen LogP contribution in [0.4, 0.5) is 0 Å². The lowest BCUT2D eigenvalue weighted by molar-refractivity contribution is 0.155. The van der Waals surface area contributed by atoms with Gasteiger partial charge in [-0.25, -0.2) is 4.98 Å².